The molecule has 1 aromatic carbocycles. The zero-order valence-electron chi connectivity index (χ0n) is 13.2. The van der Waals surface area contributed by atoms with E-state index in [9.17, 15) is 9.59 Å². The second kappa shape index (κ2) is 6.22. The Kier molecular flexibility index (Phi) is 4.54. The lowest BCUT2D eigenvalue weighted by Gasteiger charge is -2.27. The van der Waals surface area contributed by atoms with Gasteiger partial charge in [0, 0.05) is 35.8 Å². The summed E-state index contributed by atoms with van der Waals surface area (Å²) >= 11 is 0. The molecule has 22 heavy (non-hydrogen) atoms. The SMILES string of the molecule is CCN(C(=O)CC(C)(C)CC(=O)O)c1ccc2[nH]ccc2c1. The first kappa shape index (κ1) is 16.1. The molecule has 0 atom stereocenters. The van der Waals surface area contributed by atoms with Crippen LogP contribution in [0.25, 0.3) is 10.9 Å². The Morgan fingerprint density at radius 2 is 1.95 bits per heavy atom. The van der Waals surface area contributed by atoms with Gasteiger partial charge in [-0.05, 0) is 36.6 Å². The highest BCUT2D eigenvalue weighted by atomic mass is 16.4. The smallest absolute Gasteiger partial charge is 0.303 e. The Morgan fingerprint density at radius 1 is 1.23 bits per heavy atom. The molecule has 0 aliphatic heterocycles. The molecule has 5 nitrogen and oxygen atoms in total. The Morgan fingerprint density at radius 3 is 2.59 bits per heavy atom. The van der Waals surface area contributed by atoms with Crippen LogP contribution in [0, 0.1) is 5.41 Å². The standard InChI is InChI=1S/C17H22N2O3/c1-4-19(15(20)10-17(2,3)11-16(21)22)13-5-6-14-12(9-13)7-8-18-14/h5-9,18H,4,10-11H2,1-3H3,(H,21,22). The lowest BCUT2D eigenvalue weighted by molar-refractivity contribution is -0.139. The zero-order chi connectivity index (χ0) is 16.3. The third-order valence-electron chi connectivity index (χ3n) is 3.73. The summed E-state index contributed by atoms with van der Waals surface area (Å²) in [7, 11) is 0. The van der Waals surface area contributed by atoms with Gasteiger partial charge in [-0.1, -0.05) is 13.8 Å². The molecule has 2 rings (SSSR count). The predicted octanol–water partition coefficient (Wildman–Crippen LogP) is 3.41. The molecule has 1 heterocycles. The molecule has 0 saturated heterocycles. The molecule has 1 amide bonds. The molecule has 0 unspecified atom stereocenters. The molecule has 0 radical (unpaired) electrons. The molecule has 0 bridgehead atoms. The van der Waals surface area contributed by atoms with E-state index in [1.807, 2.05) is 51.2 Å². The number of carbonyl (C=O) groups excluding carboxylic acids is 1. The van der Waals surface area contributed by atoms with Crippen LogP contribution in [0.1, 0.15) is 33.6 Å². The fourth-order valence-corrected chi connectivity index (χ4v) is 2.69. The second-order valence-corrected chi connectivity index (χ2v) is 6.30. The van der Waals surface area contributed by atoms with Gasteiger partial charge in [0.05, 0.1) is 6.42 Å². The number of H-pyrrole nitrogens is 1. The summed E-state index contributed by atoms with van der Waals surface area (Å²) in [5.74, 6) is -0.932. The number of aromatic amines is 1. The maximum atomic E-state index is 12.6. The van der Waals surface area contributed by atoms with Gasteiger partial charge in [-0.2, -0.15) is 0 Å². The molecule has 2 aromatic rings. The minimum Gasteiger partial charge on any atom is -0.481 e. The van der Waals surface area contributed by atoms with Crippen molar-refractivity contribution < 1.29 is 14.7 Å². The number of aliphatic carboxylic acids is 1. The van der Waals surface area contributed by atoms with Crippen molar-refractivity contribution in [1.82, 2.24) is 4.98 Å². The third kappa shape index (κ3) is 3.67. The molecule has 2 N–H and O–H groups in total. The molecule has 0 aliphatic rings. The van der Waals surface area contributed by atoms with Crippen molar-refractivity contribution in [3.63, 3.8) is 0 Å². The van der Waals surface area contributed by atoms with Crippen LogP contribution in [0.4, 0.5) is 5.69 Å². The van der Waals surface area contributed by atoms with Crippen LogP contribution >= 0.6 is 0 Å². The van der Waals surface area contributed by atoms with Crippen LogP contribution < -0.4 is 4.90 Å². The Bertz CT molecular complexity index is 688. The number of amides is 1. The molecular weight excluding hydrogens is 280 g/mol. The number of hydrogen-bond donors (Lipinski definition) is 2. The van der Waals surface area contributed by atoms with E-state index in [1.165, 1.54) is 0 Å². The van der Waals surface area contributed by atoms with Gasteiger partial charge in [-0.3, -0.25) is 9.59 Å². The van der Waals surface area contributed by atoms with Gasteiger partial charge in [-0.15, -0.1) is 0 Å². The van der Waals surface area contributed by atoms with Crippen LogP contribution in [0.2, 0.25) is 0 Å². The van der Waals surface area contributed by atoms with Gasteiger partial charge in [0.15, 0.2) is 0 Å². The number of anilines is 1. The average molecular weight is 302 g/mol. The maximum Gasteiger partial charge on any atom is 0.303 e. The monoisotopic (exact) mass is 302 g/mol. The number of carbonyl (C=O) groups is 2. The van der Waals surface area contributed by atoms with Gasteiger partial charge >= 0.3 is 5.97 Å². The lowest BCUT2D eigenvalue weighted by atomic mass is 9.85. The first-order valence-corrected chi connectivity index (χ1v) is 7.42. The normalized spacial score (nSPS) is 11.6. The second-order valence-electron chi connectivity index (χ2n) is 6.30. The highest BCUT2D eigenvalue weighted by Crippen LogP contribution is 2.28. The third-order valence-corrected chi connectivity index (χ3v) is 3.73. The highest BCUT2D eigenvalue weighted by Gasteiger charge is 2.28. The van der Waals surface area contributed by atoms with E-state index in [1.54, 1.807) is 4.90 Å². The van der Waals surface area contributed by atoms with E-state index in [-0.39, 0.29) is 18.7 Å². The number of nitrogens with zero attached hydrogens (tertiary/aromatic N) is 1. The number of rotatable bonds is 6. The zero-order valence-corrected chi connectivity index (χ0v) is 13.2. The summed E-state index contributed by atoms with van der Waals surface area (Å²) in [6.45, 7) is 6.09. The van der Waals surface area contributed by atoms with E-state index >= 15 is 0 Å². The molecule has 0 aliphatic carbocycles. The number of carboxylic acids is 1. The average Bonchev–Trinajstić information content (AvgIpc) is 2.84. The van der Waals surface area contributed by atoms with Crippen molar-refractivity contribution in [2.24, 2.45) is 5.41 Å². The summed E-state index contributed by atoms with van der Waals surface area (Å²) in [4.78, 5) is 28.3. The number of benzene rings is 1. The quantitative estimate of drug-likeness (QED) is 0.858. The highest BCUT2D eigenvalue weighted by molar-refractivity contribution is 5.96. The van der Waals surface area contributed by atoms with Gasteiger partial charge in [-0.25, -0.2) is 0 Å². The molecule has 0 fully saturated rings. The number of carboxylic acid groups (broad SMARTS) is 1. The number of fused-ring (bicyclic) bond motifs is 1. The van der Waals surface area contributed by atoms with E-state index in [4.69, 9.17) is 5.11 Å². The fraction of sp³-hybridized carbons (Fsp3) is 0.412. The van der Waals surface area contributed by atoms with Crippen molar-refractivity contribution in [2.75, 3.05) is 11.4 Å². The first-order valence-electron chi connectivity index (χ1n) is 7.42. The maximum absolute atomic E-state index is 12.6. The van der Waals surface area contributed by atoms with Gasteiger partial charge < -0.3 is 15.0 Å². The first-order chi connectivity index (χ1) is 10.3. The lowest BCUT2D eigenvalue weighted by Crippen LogP contribution is -2.34. The molecular formula is C17H22N2O3. The molecule has 0 saturated carbocycles. The summed E-state index contributed by atoms with van der Waals surface area (Å²) < 4.78 is 0. The van der Waals surface area contributed by atoms with Gasteiger partial charge in [0.2, 0.25) is 5.91 Å². The summed E-state index contributed by atoms with van der Waals surface area (Å²) in [5, 5.41) is 9.99. The van der Waals surface area contributed by atoms with Crippen LogP contribution in [-0.2, 0) is 9.59 Å². The topological polar surface area (TPSA) is 73.4 Å². The van der Waals surface area contributed by atoms with Crippen LogP contribution in [-0.4, -0.2) is 28.5 Å². The summed E-state index contributed by atoms with van der Waals surface area (Å²) in [6.07, 6.45) is 2.05. The van der Waals surface area contributed by atoms with Crippen molar-refractivity contribution in [3.8, 4) is 0 Å². The van der Waals surface area contributed by atoms with E-state index in [0.29, 0.717) is 6.54 Å². The van der Waals surface area contributed by atoms with E-state index in [0.717, 1.165) is 16.6 Å². The van der Waals surface area contributed by atoms with Gasteiger partial charge in [0.1, 0.15) is 0 Å². The van der Waals surface area contributed by atoms with Crippen LogP contribution in [0.15, 0.2) is 30.5 Å². The van der Waals surface area contributed by atoms with E-state index < -0.39 is 11.4 Å². The summed E-state index contributed by atoms with van der Waals surface area (Å²) in [6, 6.07) is 7.79. The predicted molar refractivity (Wildman–Crippen MR) is 87.0 cm³/mol. The van der Waals surface area contributed by atoms with Crippen molar-refractivity contribution in [1.29, 1.82) is 0 Å². The number of nitrogens with one attached hydrogen (secondary N) is 1. The van der Waals surface area contributed by atoms with Crippen molar-refractivity contribution in [3.05, 3.63) is 30.5 Å². The Hall–Kier alpha value is -2.30. The Balaban J connectivity index is 2.19. The van der Waals surface area contributed by atoms with Crippen LogP contribution in [0.5, 0.6) is 0 Å². The van der Waals surface area contributed by atoms with Crippen LogP contribution in [0.3, 0.4) is 0 Å². The minimum atomic E-state index is -0.880. The van der Waals surface area contributed by atoms with Crippen molar-refractivity contribution in [2.45, 2.75) is 33.6 Å². The molecule has 5 heteroatoms. The molecule has 0 spiro atoms. The fourth-order valence-electron chi connectivity index (χ4n) is 2.69. The Labute approximate surface area is 129 Å². The number of aromatic nitrogens is 1. The summed E-state index contributed by atoms with van der Waals surface area (Å²) in [5.41, 5.74) is 1.30. The largest absolute Gasteiger partial charge is 0.481 e. The van der Waals surface area contributed by atoms with Gasteiger partial charge in [0.25, 0.3) is 0 Å². The van der Waals surface area contributed by atoms with Crippen molar-refractivity contribution >= 4 is 28.5 Å². The molecule has 118 valence electrons. The molecule has 1 aromatic heterocycles. The minimum absolute atomic E-state index is 0.0207. The number of hydrogen-bond acceptors (Lipinski definition) is 2. The van der Waals surface area contributed by atoms with E-state index in [2.05, 4.69) is 4.98 Å².